The highest BCUT2D eigenvalue weighted by atomic mass is 16.5. The van der Waals surface area contributed by atoms with Crippen LogP contribution in [0.1, 0.15) is 42.9 Å². The van der Waals surface area contributed by atoms with E-state index in [0.717, 1.165) is 43.2 Å². The van der Waals surface area contributed by atoms with Crippen molar-refractivity contribution in [1.82, 2.24) is 20.2 Å². The fourth-order valence-corrected chi connectivity index (χ4v) is 3.91. The molecule has 1 saturated heterocycles. The number of hydrogen-bond donors (Lipinski definition) is 2. The van der Waals surface area contributed by atoms with Gasteiger partial charge in [0.15, 0.2) is 0 Å². The van der Waals surface area contributed by atoms with Crippen LogP contribution in [0, 0.1) is 0 Å². The van der Waals surface area contributed by atoms with Crippen LogP contribution in [0.5, 0.6) is 11.6 Å². The summed E-state index contributed by atoms with van der Waals surface area (Å²) in [7, 11) is 0. The van der Waals surface area contributed by atoms with Gasteiger partial charge in [-0.25, -0.2) is 9.78 Å². The van der Waals surface area contributed by atoms with E-state index in [4.69, 9.17) is 4.74 Å². The van der Waals surface area contributed by atoms with Gasteiger partial charge in [0.25, 0.3) is 0 Å². The van der Waals surface area contributed by atoms with E-state index in [9.17, 15) is 9.90 Å². The summed E-state index contributed by atoms with van der Waals surface area (Å²) >= 11 is 0. The number of nitrogens with one attached hydrogen (secondary N) is 1. The lowest BCUT2D eigenvalue weighted by Gasteiger charge is -2.34. The predicted molar refractivity (Wildman–Crippen MR) is 99.6 cm³/mol. The fourth-order valence-electron chi connectivity index (χ4n) is 3.91. The third kappa shape index (κ3) is 3.97. The molecule has 0 spiro atoms. The van der Waals surface area contributed by atoms with E-state index in [1.54, 1.807) is 24.7 Å². The summed E-state index contributed by atoms with van der Waals surface area (Å²) < 4.78 is 5.83. The number of aromatic nitrogens is 2. The number of hydrogen-bond acceptors (Lipinski definition) is 5. The number of ether oxygens (including phenoxy) is 1. The molecule has 4 rings (SSSR count). The zero-order valence-corrected chi connectivity index (χ0v) is 15.2. The van der Waals surface area contributed by atoms with Crippen molar-refractivity contribution in [2.75, 3.05) is 13.1 Å². The maximum atomic E-state index is 12.7. The van der Waals surface area contributed by atoms with E-state index in [2.05, 4.69) is 15.3 Å². The highest BCUT2D eigenvalue weighted by Crippen LogP contribution is 2.34. The molecule has 1 fully saturated rings. The van der Waals surface area contributed by atoms with Gasteiger partial charge >= 0.3 is 6.03 Å². The van der Waals surface area contributed by atoms with E-state index in [1.807, 2.05) is 17.0 Å². The molecule has 0 radical (unpaired) electrons. The molecule has 2 amide bonds. The van der Waals surface area contributed by atoms with Gasteiger partial charge in [-0.3, -0.25) is 4.98 Å². The molecule has 142 valence electrons. The Balaban J connectivity index is 1.32. The number of fused-ring (bicyclic) bond motifs is 1. The molecule has 7 heteroatoms. The number of benzene rings is 1. The number of nitrogens with zero attached hydrogens (tertiary/aromatic N) is 3. The molecule has 2 aromatic rings. The summed E-state index contributed by atoms with van der Waals surface area (Å²) in [6, 6.07) is 5.47. The molecule has 1 unspecified atom stereocenters. The predicted octanol–water partition coefficient (Wildman–Crippen LogP) is 2.81. The second kappa shape index (κ2) is 7.82. The van der Waals surface area contributed by atoms with Crippen LogP contribution in [-0.4, -0.2) is 45.2 Å². The first-order valence-electron chi connectivity index (χ1n) is 9.49. The lowest BCUT2D eigenvalue weighted by atomic mass is 9.87. The number of piperidine rings is 1. The summed E-state index contributed by atoms with van der Waals surface area (Å²) in [5.41, 5.74) is 2.00. The van der Waals surface area contributed by atoms with Crippen molar-refractivity contribution >= 4 is 6.03 Å². The minimum Gasteiger partial charge on any atom is -0.508 e. The van der Waals surface area contributed by atoms with Crippen LogP contribution in [0.3, 0.4) is 0 Å². The third-order valence-corrected chi connectivity index (χ3v) is 5.34. The Kier molecular flexibility index (Phi) is 5.09. The number of phenols is 1. The van der Waals surface area contributed by atoms with Gasteiger partial charge in [-0.15, -0.1) is 0 Å². The Morgan fingerprint density at radius 1 is 1.22 bits per heavy atom. The zero-order valence-electron chi connectivity index (χ0n) is 15.2. The second-order valence-electron chi connectivity index (χ2n) is 7.09. The van der Waals surface area contributed by atoms with Crippen molar-refractivity contribution in [3.05, 3.63) is 47.9 Å². The molecule has 2 N–H and O–H groups in total. The highest BCUT2D eigenvalue weighted by Gasteiger charge is 2.28. The Hall–Kier alpha value is -2.83. The average Bonchev–Trinajstić information content (AvgIpc) is 2.70. The maximum Gasteiger partial charge on any atom is 0.317 e. The average molecular weight is 368 g/mol. The molecule has 1 aliphatic heterocycles. The molecule has 1 aromatic heterocycles. The van der Waals surface area contributed by atoms with Crippen LogP contribution in [0.4, 0.5) is 4.79 Å². The van der Waals surface area contributed by atoms with Crippen molar-refractivity contribution < 1.29 is 14.6 Å². The van der Waals surface area contributed by atoms with Gasteiger partial charge in [-0.1, -0.05) is 12.1 Å². The summed E-state index contributed by atoms with van der Waals surface area (Å²) in [5.74, 6) is 0.854. The van der Waals surface area contributed by atoms with Crippen molar-refractivity contribution in [2.45, 2.75) is 44.2 Å². The number of amides is 2. The molecule has 27 heavy (non-hydrogen) atoms. The van der Waals surface area contributed by atoms with Gasteiger partial charge in [-0.2, -0.15) is 0 Å². The molecule has 1 atom stereocenters. The maximum absolute atomic E-state index is 12.7. The number of aromatic hydroxyl groups is 1. The molecule has 0 saturated carbocycles. The summed E-state index contributed by atoms with van der Waals surface area (Å²) in [5, 5.41) is 13.2. The first kappa shape index (κ1) is 17.6. The normalized spacial score (nSPS) is 20.0. The van der Waals surface area contributed by atoms with Gasteiger partial charge in [-0.05, 0) is 36.5 Å². The van der Waals surface area contributed by atoms with Crippen molar-refractivity contribution in [3.63, 3.8) is 0 Å². The monoisotopic (exact) mass is 368 g/mol. The summed E-state index contributed by atoms with van der Waals surface area (Å²) in [6.45, 7) is 1.30. The van der Waals surface area contributed by atoms with Crippen LogP contribution in [-0.2, 0) is 6.42 Å². The number of carbonyl (C=O) groups is 1. The molecule has 2 aliphatic rings. The minimum atomic E-state index is -0.0471. The largest absolute Gasteiger partial charge is 0.508 e. The quantitative estimate of drug-likeness (QED) is 0.870. The topological polar surface area (TPSA) is 87.6 Å². The van der Waals surface area contributed by atoms with Crippen LogP contribution >= 0.6 is 0 Å². The molecular weight excluding hydrogens is 344 g/mol. The van der Waals surface area contributed by atoms with Gasteiger partial charge in [0.1, 0.15) is 11.9 Å². The first-order chi connectivity index (χ1) is 13.2. The van der Waals surface area contributed by atoms with E-state index in [1.165, 1.54) is 0 Å². The Labute approximate surface area is 158 Å². The zero-order chi connectivity index (χ0) is 18.6. The van der Waals surface area contributed by atoms with Gasteiger partial charge in [0.2, 0.25) is 5.88 Å². The Bertz CT molecular complexity index is 791. The molecular formula is C20H24N4O3. The first-order valence-corrected chi connectivity index (χ1v) is 9.49. The molecule has 1 aliphatic carbocycles. The number of carbonyl (C=O) groups excluding carboxylic acids is 1. The molecule has 2 heterocycles. The van der Waals surface area contributed by atoms with E-state index < -0.39 is 0 Å². The fraction of sp³-hybridized carbons (Fsp3) is 0.450. The number of phenolic OH excluding ortho intramolecular Hbond substituents is 1. The number of rotatable bonds is 3. The summed E-state index contributed by atoms with van der Waals surface area (Å²) in [4.78, 5) is 22.7. The minimum absolute atomic E-state index is 0.0399. The molecule has 0 bridgehead atoms. The van der Waals surface area contributed by atoms with Crippen molar-refractivity contribution in [3.8, 4) is 11.6 Å². The van der Waals surface area contributed by atoms with Crippen LogP contribution < -0.4 is 10.1 Å². The van der Waals surface area contributed by atoms with Gasteiger partial charge in [0.05, 0.1) is 12.2 Å². The second-order valence-corrected chi connectivity index (χ2v) is 7.09. The van der Waals surface area contributed by atoms with Crippen LogP contribution in [0.2, 0.25) is 0 Å². The number of likely N-dealkylation sites (tertiary alicyclic amines) is 1. The number of urea groups is 1. The van der Waals surface area contributed by atoms with Gasteiger partial charge < -0.3 is 20.1 Å². The third-order valence-electron chi connectivity index (χ3n) is 5.34. The smallest absolute Gasteiger partial charge is 0.317 e. The summed E-state index contributed by atoms with van der Waals surface area (Å²) in [6.07, 6.45) is 9.14. The standard InChI is InChI=1S/C20H24N4O3/c25-18-6-2-3-15-16(18)4-1-5-17(15)23-20(26)24-11-7-14(8-12-24)27-19-13-21-9-10-22-19/h2-3,6,9-10,13-14,17,25H,1,4-5,7-8,11-12H2,(H,23,26). The highest BCUT2D eigenvalue weighted by molar-refractivity contribution is 5.75. The Morgan fingerprint density at radius 2 is 2.07 bits per heavy atom. The van der Waals surface area contributed by atoms with E-state index >= 15 is 0 Å². The SMILES string of the molecule is O=C(NC1CCCc2c(O)cccc21)N1CCC(Oc2cnccn2)CC1. The van der Waals surface area contributed by atoms with E-state index in [-0.39, 0.29) is 18.2 Å². The van der Waals surface area contributed by atoms with Crippen LogP contribution in [0.15, 0.2) is 36.8 Å². The van der Waals surface area contributed by atoms with Crippen LogP contribution in [0.25, 0.3) is 0 Å². The molecule has 7 nitrogen and oxygen atoms in total. The molecule has 1 aromatic carbocycles. The lowest BCUT2D eigenvalue weighted by Crippen LogP contribution is -2.47. The van der Waals surface area contributed by atoms with Gasteiger partial charge in [0, 0.05) is 38.3 Å². The Morgan fingerprint density at radius 3 is 2.85 bits per heavy atom. The van der Waals surface area contributed by atoms with Crippen molar-refractivity contribution in [1.29, 1.82) is 0 Å². The van der Waals surface area contributed by atoms with E-state index in [0.29, 0.717) is 24.7 Å². The van der Waals surface area contributed by atoms with Crippen molar-refractivity contribution in [2.24, 2.45) is 0 Å². The lowest BCUT2D eigenvalue weighted by molar-refractivity contribution is 0.106.